The average molecular weight is 221 g/mol. The number of carboxylic acids is 1. The van der Waals surface area contributed by atoms with Gasteiger partial charge in [-0.3, -0.25) is 4.79 Å². The largest absolute Gasteiger partial charge is 0.490 e. The molecule has 1 aromatic rings. The van der Waals surface area contributed by atoms with E-state index in [0.29, 0.717) is 11.3 Å². The third-order valence-corrected chi connectivity index (χ3v) is 2.59. The Morgan fingerprint density at radius 1 is 1.50 bits per heavy atom. The Balaban J connectivity index is 2.41. The van der Waals surface area contributed by atoms with Gasteiger partial charge in [-0.25, -0.2) is 4.79 Å². The number of fused-ring (bicyclic) bond motifs is 1. The van der Waals surface area contributed by atoms with Crippen molar-refractivity contribution >= 4 is 11.9 Å². The molecule has 0 radical (unpaired) electrons. The molecule has 1 aliphatic heterocycles. The van der Waals surface area contributed by atoms with Crippen LogP contribution in [0.1, 0.15) is 10.4 Å². The zero-order chi connectivity index (χ0) is 11.7. The van der Waals surface area contributed by atoms with Gasteiger partial charge < -0.3 is 14.7 Å². The van der Waals surface area contributed by atoms with Gasteiger partial charge in [-0.2, -0.15) is 0 Å². The summed E-state index contributed by atoms with van der Waals surface area (Å²) >= 11 is 0. The number of rotatable bonds is 1. The first-order valence-corrected chi connectivity index (χ1v) is 4.83. The number of ether oxygens (including phenoxy) is 1. The van der Waals surface area contributed by atoms with Crippen LogP contribution < -0.4 is 4.74 Å². The van der Waals surface area contributed by atoms with Gasteiger partial charge in [0.1, 0.15) is 12.4 Å². The summed E-state index contributed by atoms with van der Waals surface area (Å²) in [6, 6.07) is 5.80. The average Bonchev–Trinajstić information content (AvgIpc) is 2.39. The van der Waals surface area contributed by atoms with Crippen molar-refractivity contribution < 1.29 is 19.4 Å². The number of carboxylic acid groups (broad SMARTS) is 1. The zero-order valence-electron chi connectivity index (χ0n) is 8.71. The third-order valence-electron chi connectivity index (χ3n) is 2.59. The van der Waals surface area contributed by atoms with Crippen LogP contribution in [-0.2, 0) is 4.79 Å². The minimum Gasteiger partial charge on any atom is -0.490 e. The summed E-state index contributed by atoms with van der Waals surface area (Å²) in [6.45, 7) is -0.0331. The molecule has 0 aliphatic carbocycles. The van der Waals surface area contributed by atoms with Crippen LogP contribution in [-0.4, -0.2) is 41.6 Å². The van der Waals surface area contributed by atoms with E-state index in [-0.39, 0.29) is 12.5 Å². The van der Waals surface area contributed by atoms with E-state index in [4.69, 9.17) is 9.84 Å². The highest BCUT2D eigenvalue weighted by Crippen LogP contribution is 2.23. The highest BCUT2D eigenvalue weighted by molar-refractivity contribution is 5.99. The lowest BCUT2D eigenvalue weighted by atomic mass is 10.1. The summed E-state index contributed by atoms with van der Waals surface area (Å²) in [5.74, 6) is -0.966. The Morgan fingerprint density at radius 3 is 2.88 bits per heavy atom. The molecule has 0 fully saturated rings. The van der Waals surface area contributed by atoms with E-state index < -0.39 is 12.0 Å². The van der Waals surface area contributed by atoms with E-state index in [9.17, 15) is 9.59 Å². The number of benzene rings is 1. The molecule has 5 nitrogen and oxygen atoms in total. The van der Waals surface area contributed by atoms with Crippen molar-refractivity contribution in [3.8, 4) is 5.75 Å². The van der Waals surface area contributed by atoms with Gasteiger partial charge in [0.15, 0.2) is 6.04 Å². The van der Waals surface area contributed by atoms with Crippen LogP contribution in [0.2, 0.25) is 0 Å². The molecule has 0 aromatic heterocycles. The number of carbonyl (C=O) groups is 2. The van der Waals surface area contributed by atoms with E-state index in [1.807, 2.05) is 0 Å². The molecule has 1 atom stereocenters. The number of hydrogen-bond acceptors (Lipinski definition) is 3. The minimum atomic E-state index is -1.07. The van der Waals surface area contributed by atoms with Crippen LogP contribution in [0, 0.1) is 0 Å². The summed E-state index contributed by atoms with van der Waals surface area (Å²) in [5, 5.41) is 8.96. The molecule has 0 spiro atoms. The van der Waals surface area contributed by atoms with E-state index in [2.05, 4.69) is 0 Å². The molecule has 16 heavy (non-hydrogen) atoms. The predicted octanol–water partition coefficient (Wildman–Crippen LogP) is 0.604. The topological polar surface area (TPSA) is 66.8 Å². The third kappa shape index (κ3) is 1.60. The Labute approximate surface area is 92.2 Å². The smallest absolute Gasteiger partial charge is 0.330 e. The summed E-state index contributed by atoms with van der Waals surface area (Å²) in [6.07, 6.45) is 0. The van der Waals surface area contributed by atoms with Gasteiger partial charge in [-0.15, -0.1) is 0 Å². The van der Waals surface area contributed by atoms with Crippen molar-refractivity contribution in [3.63, 3.8) is 0 Å². The Hall–Kier alpha value is -2.04. The number of amides is 1. The first-order valence-electron chi connectivity index (χ1n) is 4.83. The molecule has 1 N–H and O–H groups in total. The minimum absolute atomic E-state index is 0.0331. The summed E-state index contributed by atoms with van der Waals surface area (Å²) in [4.78, 5) is 24.1. The quantitative estimate of drug-likeness (QED) is 0.754. The molecule has 0 bridgehead atoms. The van der Waals surface area contributed by atoms with Gasteiger partial charge in [0.25, 0.3) is 5.91 Å². The second-order valence-corrected chi connectivity index (χ2v) is 3.58. The molecule has 1 unspecified atom stereocenters. The van der Waals surface area contributed by atoms with Crippen LogP contribution in [0.3, 0.4) is 0 Å². The van der Waals surface area contributed by atoms with Crippen LogP contribution in [0.25, 0.3) is 0 Å². The molecular formula is C11H11NO4. The Kier molecular flexibility index (Phi) is 2.52. The van der Waals surface area contributed by atoms with Crippen molar-refractivity contribution in [2.75, 3.05) is 13.7 Å². The fourth-order valence-corrected chi connectivity index (χ4v) is 1.62. The van der Waals surface area contributed by atoms with Crippen molar-refractivity contribution in [1.29, 1.82) is 0 Å². The standard InChI is InChI=1S/C11H11NO4/c1-12-8(11(14)15)6-16-9-5-3-2-4-7(9)10(12)13/h2-5,8H,6H2,1H3,(H,14,15). The maximum absolute atomic E-state index is 11.9. The Morgan fingerprint density at radius 2 is 2.19 bits per heavy atom. The van der Waals surface area contributed by atoms with Crippen molar-refractivity contribution in [1.82, 2.24) is 4.90 Å². The maximum Gasteiger partial charge on any atom is 0.330 e. The highest BCUT2D eigenvalue weighted by atomic mass is 16.5. The second-order valence-electron chi connectivity index (χ2n) is 3.58. The SMILES string of the molecule is CN1C(=O)c2ccccc2OCC1C(=O)O. The number of carbonyl (C=O) groups excluding carboxylic acids is 1. The normalized spacial score (nSPS) is 19.7. The van der Waals surface area contributed by atoms with E-state index in [1.54, 1.807) is 24.3 Å². The first kappa shape index (κ1) is 10.5. The molecule has 1 aliphatic rings. The van der Waals surface area contributed by atoms with Crippen LogP contribution in [0.15, 0.2) is 24.3 Å². The molecule has 0 saturated heterocycles. The molecule has 1 heterocycles. The lowest BCUT2D eigenvalue weighted by molar-refractivity contribution is -0.142. The number of aliphatic carboxylic acids is 1. The monoisotopic (exact) mass is 221 g/mol. The lowest BCUT2D eigenvalue weighted by Crippen LogP contribution is -2.44. The van der Waals surface area contributed by atoms with Gasteiger partial charge in [0.2, 0.25) is 0 Å². The molecule has 84 valence electrons. The fraction of sp³-hybridized carbons (Fsp3) is 0.273. The van der Waals surface area contributed by atoms with Gasteiger partial charge in [0, 0.05) is 7.05 Å². The van der Waals surface area contributed by atoms with Gasteiger partial charge >= 0.3 is 5.97 Å². The molecule has 2 rings (SSSR count). The second kappa shape index (κ2) is 3.84. The van der Waals surface area contributed by atoms with Crippen LogP contribution >= 0.6 is 0 Å². The molecule has 1 aromatic carbocycles. The number of likely N-dealkylation sites (N-methyl/N-ethyl adjacent to an activating group) is 1. The number of hydrogen-bond donors (Lipinski definition) is 1. The molecule has 0 saturated carbocycles. The maximum atomic E-state index is 11.9. The summed E-state index contributed by atoms with van der Waals surface area (Å²) < 4.78 is 5.32. The lowest BCUT2D eigenvalue weighted by Gasteiger charge is -2.20. The van der Waals surface area contributed by atoms with Crippen LogP contribution in [0.5, 0.6) is 5.75 Å². The molecular weight excluding hydrogens is 210 g/mol. The highest BCUT2D eigenvalue weighted by Gasteiger charge is 2.32. The molecule has 1 amide bonds. The van der Waals surface area contributed by atoms with Gasteiger partial charge in [-0.1, -0.05) is 12.1 Å². The first-order chi connectivity index (χ1) is 7.61. The van der Waals surface area contributed by atoms with E-state index in [0.717, 1.165) is 0 Å². The zero-order valence-corrected chi connectivity index (χ0v) is 8.71. The fourth-order valence-electron chi connectivity index (χ4n) is 1.62. The summed E-state index contributed by atoms with van der Waals surface area (Å²) in [7, 11) is 1.46. The number of para-hydroxylation sites is 1. The predicted molar refractivity (Wildman–Crippen MR) is 55.5 cm³/mol. The Bertz CT molecular complexity index is 443. The van der Waals surface area contributed by atoms with E-state index >= 15 is 0 Å². The van der Waals surface area contributed by atoms with Gasteiger partial charge in [0.05, 0.1) is 5.56 Å². The van der Waals surface area contributed by atoms with Crippen molar-refractivity contribution in [3.05, 3.63) is 29.8 Å². The van der Waals surface area contributed by atoms with Crippen molar-refractivity contribution in [2.24, 2.45) is 0 Å². The summed E-state index contributed by atoms with van der Waals surface area (Å²) in [5.41, 5.74) is 0.397. The van der Waals surface area contributed by atoms with Crippen LogP contribution in [0.4, 0.5) is 0 Å². The van der Waals surface area contributed by atoms with Crippen molar-refractivity contribution in [2.45, 2.75) is 6.04 Å². The van der Waals surface area contributed by atoms with Gasteiger partial charge in [-0.05, 0) is 12.1 Å². The molecule has 5 heteroatoms. The van der Waals surface area contributed by atoms with E-state index in [1.165, 1.54) is 11.9 Å². The number of nitrogens with zero attached hydrogens (tertiary/aromatic N) is 1.